The number of aryl methyl sites for hydroxylation is 2. The van der Waals surface area contributed by atoms with E-state index in [1.165, 1.54) is 6.07 Å². The van der Waals surface area contributed by atoms with E-state index in [-0.39, 0.29) is 11.5 Å². The molecular weight excluding hydrogens is 346 g/mol. The van der Waals surface area contributed by atoms with Crippen LogP contribution in [-0.2, 0) is 0 Å². The highest BCUT2D eigenvalue weighted by molar-refractivity contribution is 6.19. The molecule has 0 aliphatic carbocycles. The van der Waals surface area contributed by atoms with Crippen molar-refractivity contribution in [3.05, 3.63) is 52.9 Å². The van der Waals surface area contributed by atoms with Crippen molar-refractivity contribution >= 4 is 33.7 Å². The average molecular weight is 363 g/mol. The molecular formula is C20H17N3O4. The van der Waals surface area contributed by atoms with Gasteiger partial charge >= 0.3 is 5.97 Å². The molecule has 2 aromatic heterocycles. The van der Waals surface area contributed by atoms with E-state index in [1.807, 2.05) is 19.9 Å². The van der Waals surface area contributed by atoms with Gasteiger partial charge < -0.3 is 19.9 Å². The molecule has 0 saturated heterocycles. The number of carboxylic acid groups (broad SMARTS) is 1. The Labute approximate surface area is 154 Å². The minimum absolute atomic E-state index is 0.168. The second-order valence-electron chi connectivity index (χ2n) is 6.42. The van der Waals surface area contributed by atoms with Gasteiger partial charge in [-0.1, -0.05) is 5.16 Å². The molecule has 1 amide bonds. The summed E-state index contributed by atoms with van der Waals surface area (Å²) in [6.45, 7) is 3.67. The summed E-state index contributed by atoms with van der Waals surface area (Å²) in [5, 5.41) is 17.3. The molecule has 4 aromatic rings. The van der Waals surface area contributed by atoms with E-state index >= 15 is 0 Å². The van der Waals surface area contributed by atoms with Gasteiger partial charge in [-0.3, -0.25) is 4.79 Å². The number of carbonyl (C=O) groups is 2. The molecule has 7 heteroatoms. The summed E-state index contributed by atoms with van der Waals surface area (Å²) in [6, 6.07) is 8.54. The lowest BCUT2D eigenvalue weighted by Crippen LogP contribution is -2.18. The summed E-state index contributed by atoms with van der Waals surface area (Å²) >= 11 is 0. The Bertz CT molecular complexity index is 1210. The first-order valence-electron chi connectivity index (χ1n) is 8.38. The van der Waals surface area contributed by atoms with Gasteiger partial charge in [0.2, 0.25) is 0 Å². The lowest BCUT2D eigenvalue weighted by atomic mass is 9.97. The molecule has 27 heavy (non-hydrogen) atoms. The van der Waals surface area contributed by atoms with Crippen LogP contribution in [0.4, 0.5) is 0 Å². The number of aromatic carboxylic acids is 1. The van der Waals surface area contributed by atoms with Gasteiger partial charge in [-0.25, -0.2) is 4.79 Å². The van der Waals surface area contributed by atoms with Gasteiger partial charge in [-0.2, -0.15) is 0 Å². The van der Waals surface area contributed by atoms with Gasteiger partial charge in [0.05, 0.1) is 11.3 Å². The molecule has 0 atom stereocenters. The number of hydrogen-bond acceptors (Lipinski definition) is 4. The van der Waals surface area contributed by atoms with Crippen LogP contribution in [0.5, 0.6) is 0 Å². The highest BCUT2D eigenvalue weighted by Crippen LogP contribution is 2.35. The molecule has 2 aromatic carbocycles. The molecule has 0 unspecified atom stereocenters. The second kappa shape index (κ2) is 5.98. The summed E-state index contributed by atoms with van der Waals surface area (Å²) in [7, 11) is 1.56. The van der Waals surface area contributed by atoms with Crippen molar-refractivity contribution in [2.45, 2.75) is 13.8 Å². The Morgan fingerprint density at radius 3 is 2.56 bits per heavy atom. The zero-order chi connectivity index (χ0) is 19.3. The number of fused-ring (bicyclic) bond motifs is 3. The Hall–Kier alpha value is -3.61. The van der Waals surface area contributed by atoms with E-state index in [0.29, 0.717) is 22.1 Å². The molecule has 0 saturated carbocycles. The van der Waals surface area contributed by atoms with Crippen LogP contribution in [0.3, 0.4) is 0 Å². The fourth-order valence-corrected chi connectivity index (χ4v) is 3.52. The third-order valence-electron chi connectivity index (χ3n) is 4.74. The molecule has 136 valence electrons. The summed E-state index contributed by atoms with van der Waals surface area (Å²) in [4.78, 5) is 27.2. The maximum Gasteiger partial charge on any atom is 0.335 e. The average Bonchev–Trinajstić information content (AvgIpc) is 3.18. The second-order valence-corrected chi connectivity index (χ2v) is 6.42. The van der Waals surface area contributed by atoms with Crippen molar-refractivity contribution in [3.63, 3.8) is 0 Å². The van der Waals surface area contributed by atoms with Crippen molar-refractivity contribution in [1.82, 2.24) is 15.5 Å². The van der Waals surface area contributed by atoms with Gasteiger partial charge in [0, 0.05) is 40.0 Å². The van der Waals surface area contributed by atoms with Crippen molar-refractivity contribution in [3.8, 4) is 11.1 Å². The van der Waals surface area contributed by atoms with Crippen molar-refractivity contribution < 1.29 is 19.2 Å². The van der Waals surface area contributed by atoms with Crippen LogP contribution in [0.1, 0.15) is 32.2 Å². The smallest absolute Gasteiger partial charge is 0.335 e. The third kappa shape index (κ3) is 2.55. The highest BCUT2D eigenvalue weighted by Gasteiger charge is 2.20. The van der Waals surface area contributed by atoms with Gasteiger partial charge in [0.1, 0.15) is 5.76 Å². The van der Waals surface area contributed by atoms with E-state index in [4.69, 9.17) is 4.52 Å². The number of aromatic amines is 1. The van der Waals surface area contributed by atoms with E-state index in [2.05, 4.69) is 15.5 Å². The van der Waals surface area contributed by atoms with Crippen LogP contribution in [0.15, 0.2) is 34.9 Å². The summed E-state index contributed by atoms with van der Waals surface area (Å²) in [6.07, 6.45) is 0. The lowest BCUT2D eigenvalue weighted by Gasteiger charge is -2.07. The van der Waals surface area contributed by atoms with E-state index in [0.717, 1.165) is 27.9 Å². The number of carbonyl (C=O) groups excluding carboxylic acids is 1. The molecule has 0 radical (unpaired) electrons. The summed E-state index contributed by atoms with van der Waals surface area (Å²) in [5.41, 5.74) is 4.51. The Kier molecular flexibility index (Phi) is 3.73. The maximum absolute atomic E-state index is 12.6. The molecule has 2 heterocycles. The number of benzene rings is 2. The number of nitrogens with zero attached hydrogens (tertiary/aromatic N) is 1. The van der Waals surface area contributed by atoms with Crippen molar-refractivity contribution in [1.29, 1.82) is 0 Å². The van der Waals surface area contributed by atoms with Crippen molar-refractivity contribution in [2.24, 2.45) is 0 Å². The number of rotatable bonds is 3. The van der Waals surface area contributed by atoms with Crippen LogP contribution in [0.25, 0.3) is 32.9 Å². The molecule has 0 aliphatic rings. The Morgan fingerprint density at radius 1 is 1.15 bits per heavy atom. The zero-order valence-electron chi connectivity index (χ0n) is 15.0. The zero-order valence-corrected chi connectivity index (χ0v) is 15.0. The highest BCUT2D eigenvalue weighted by atomic mass is 16.5. The number of nitrogens with one attached hydrogen (secondary N) is 2. The Balaban J connectivity index is 2.10. The maximum atomic E-state index is 12.6. The van der Waals surface area contributed by atoms with Crippen LogP contribution < -0.4 is 5.32 Å². The van der Waals surface area contributed by atoms with Gasteiger partial charge in [-0.15, -0.1) is 0 Å². The van der Waals surface area contributed by atoms with E-state index in [9.17, 15) is 14.7 Å². The predicted octanol–water partition coefficient (Wildman–Crippen LogP) is 3.65. The molecule has 0 fully saturated rings. The standard InChI is InChI=1S/C20H17N3O4/c1-9-17(10(2)27-23-9)12-7-14(19(24)21-3)18-13-6-11(20(25)26)4-5-15(13)22-16(18)8-12/h4-8,22H,1-3H3,(H,21,24)(H,25,26). The monoisotopic (exact) mass is 363 g/mol. The van der Waals surface area contributed by atoms with Gasteiger partial charge in [0.25, 0.3) is 5.91 Å². The lowest BCUT2D eigenvalue weighted by molar-refractivity contribution is 0.0697. The molecule has 0 spiro atoms. The van der Waals surface area contributed by atoms with Crippen LogP contribution >= 0.6 is 0 Å². The molecule has 7 nitrogen and oxygen atoms in total. The minimum atomic E-state index is -1.01. The van der Waals surface area contributed by atoms with Crippen molar-refractivity contribution in [2.75, 3.05) is 7.05 Å². The number of amides is 1. The number of H-pyrrole nitrogens is 1. The summed E-state index contributed by atoms with van der Waals surface area (Å²) < 4.78 is 5.26. The van der Waals surface area contributed by atoms with Crippen LogP contribution in [0, 0.1) is 13.8 Å². The first-order chi connectivity index (χ1) is 12.9. The molecule has 3 N–H and O–H groups in total. The number of carboxylic acids is 1. The molecule has 0 aliphatic heterocycles. The molecule has 4 rings (SSSR count). The normalized spacial score (nSPS) is 11.2. The quantitative estimate of drug-likeness (QED) is 0.515. The first-order valence-corrected chi connectivity index (χ1v) is 8.38. The van der Waals surface area contributed by atoms with E-state index in [1.54, 1.807) is 25.2 Å². The third-order valence-corrected chi connectivity index (χ3v) is 4.74. The molecule has 0 bridgehead atoms. The number of hydrogen-bond donors (Lipinski definition) is 3. The number of aromatic nitrogens is 2. The van der Waals surface area contributed by atoms with Crippen LogP contribution in [0.2, 0.25) is 0 Å². The fraction of sp³-hybridized carbons (Fsp3) is 0.150. The SMILES string of the molecule is CNC(=O)c1cc(-c2c(C)noc2C)cc2[nH]c3ccc(C(=O)O)cc3c12. The fourth-order valence-electron chi connectivity index (χ4n) is 3.52. The van der Waals surface area contributed by atoms with Crippen LogP contribution in [-0.4, -0.2) is 34.2 Å². The van der Waals surface area contributed by atoms with Gasteiger partial charge in [-0.05, 0) is 49.7 Å². The summed E-state index contributed by atoms with van der Waals surface area (Å²) in [5.74, 6) is -0.602. The van der Waals surface area contributed by atoms with E-state index < -0.39 is 5.97 Å². The minimum Gasteiger partial charge on any atom is -0.478 e. The first kappa shape index (κ1) is 16.8. The topological polar surface area (TPSA) is 108 Å². The Morgan fingerprint density at radius 2 is 1.93 bits per heavy atom. The largest absolute Gasteiger partial charge is 0.478 e. The van der Waals surface area contributed by atoms with Gasteiger partial charge in [0.15, 0.2) is 0 Å². The predicted molar refractivity (Wildman–Crippen MR) is 101 cm³/mol.